The molecule has 1 aliphatic heterocycles. The summed E-state index contributed by atoms with van der Waals surface area (Å²) in [4.78, 5) is 14.5. The lowest BCUT2D eigenvalue weighted by Gasteiger charge is -2.37. The summed E-state index contributed by atoms with van der Waals surface area (Å²) < 4.78 is 0.878. The summed E-state index contributed by atoms with van der Waals surface area (Å²) >= 11 is 5.39. The normalized spacial score (nSPS) is 24.8. The Hall–Kier alpha value is -0.480. The molecule has 1 fully saturated rings. The second-order valence-corrected chi connectivity index (χ2v) is 6.63. The van der Waals surface area contributed by atoms with Gasteiger partial charge in [0.2, 0.25) is 0 Å². The zero-order chi connectivity index (χ0) is 12.4. The van der Waals surface area contributed by atoms with Gasteiger partial charge in [-0.2, -0.15) is 11.8 Å². The molecular weight excluding hydrogens is 298 g/mol. The molecule has 0 bridgehead atoms. The molecule has 17 heavy (non-hydrogen) atoms. The molecule has 1 saturated heterocycles. The maximum absolute atomic E-state index is 12.5. The number of nitrogens with zero attached hydrogens (tertiary/aromatic N) is 1. The number of rotatable bonds is 1. The number of halogens is 1. The van der Waals surface area contributed by atoms with Crippen molar-refractivity contribution in [2.75, 3.05) is 12.3 Å². The van der Waals surface area contributed by atoms with Crippen LogP contribution in [0.25, 0.3) is 0 Å². The van der Waals surface area contributed by atoms with E-state index in [1.54, 1.807) is 0 Å². The van der Waals surface area contributed by atoms with E-state index < -0.39 is 0 Å². The standard InChI is InChI=1S/C13H16BrNOS/c1-9-10(2)17-8-7-15(9)13(16)11-5-3-4-6-12(11)14/h3-6,9-10H,7-8H2,1-2H3. The van der Waals surface area contributed by atoms with Gasteiger partial charge in [-0.1, -0.05) is 19.1 Å². The predicted molar refractivity (Wildman–Crippen MR) is 76.6 cm³/mol. The monoisotopic (exact) mass is 313 g/mol. The Morgan fingerprint density at radius 2 is 2.12 bits per heavy atom. The van der Waals surface area contributed by atoms with Gasteiger partial charge in [0.1, 0.15) is 0 Å². The van der Waals surface area contributed by atoms with Crippen molar-refractivity contribution in [3.8, 4) is 0 Å². The largest absolute Gasteiger partial charge is 0.334 e. The Morgan fingerprint density at radius 3 is 2.82 bits per heavy atom. The van der Waals surface area contributed by atoms with Crippen molar-refractivity contribution in [3.05, 3.63) is 34.3 Å². The molecule has 1 amide bonds. The van der Waals surface area contributed by atoms with Gasteiger partial charge in [0.25, 0.3) is 5.91 Å². The van der Waals surface area contributed by atoms with Gasteiger partial charge >= 0.3 is 0 Å². The van der Waals surface area contributed by atoms with Crippen LogP contribution in [0.2, 0.25) is 0 Å². The Bertz CT molecular complexity index is 424. The van der Waals surface area contributed by atoms with Crippen LogP contribution in [-0.4, -0.2) is 34.4 Å². The highest BCUT2D eigenvalue weighted by atomic mass is 79.9. The zero-order valence-electron chi connectivity index (χ0n) is 10.0. The topological polar surface area (TPSA) is 20.3 Å². The third-order valence-electron chi connectivity index (χ3n) is 3.25. The molecule has 1 aliphatic rings. The number of benzene rings is 1. The van der Waals surface area contributed by atoms with Crippen LogP contribution in [0, 0.1) is 0 Å². The molecule has 1 heterocycles. The number of amides is 1. The molecule has 2 atom stereocenters. The summed E-state index contributed by atoms with van der Waals surface area (Å²) in [6, 6.07) is 7.93. The van der Waals surface area contributed by atoms with Gasteiger partial charge in [-0.3, -0.25) is 4.79 Å². The molecule has 92 valence electrons. The molecule has 0 aromatic heterocycles. The summed E-state index contributed by atoms with van der Waals surface area (Å²) in [6.07, 6.45) is 0. The maximum atomic E-state index is 12.5. The number of hydrogen-bond acceptors (Lipinski definition) is 2. The van der Waals surface area contributed by atoms with E-state index in [1.165, 1.54) is 0 Å². The highest BCUT2D eigenvalue weighted by Crippen LogP contribution is 2.27. The van der Waals surface area contributed by atoms with Crippen molar-refractivity contribution in [2.24, 2.45) is 0 Å². The van der Waals surface area contributed by atoms with Gasteiger partial charge in [-0.05, 0) is 35.0 Å². The van der Waals surface area contributed by atoms with Crippen LogP contribution in [0.4, 0.5) is 0 Å². The maximum Gasteiger partial charge on any atom is 0.255 e. The minimum atomic E-state index is 0.136. The van der Waals surface area contributed by atoms with E-state index in [9.17, 15) is 4.79 Å². The number of carbonyl (C=O) groups excluding carboxylic acids is 1. The van der Waals surface area contributed by atoms with Gasteiger partial charge in [0, 0.05) is 28.1 Å². The smallest absolute Gasteiger partial charge is 0.255 e. The summed E-state index contributed by atoms with van der Waals surface area (Å²) in [5.41, 5.74) is 0.762. The van der Waals surface area contributed by atoms with Crippen LogP contribution in [0.1, 0.15) is 24.2 Å². The van der Waals surface area contributed by atoms with E-state index in [1.807, 2.05) is 40.9 Å². The highest BCUT2D eigenvalue weighted by molar-refractivity contribution is 9.10. The van der Waals surface area contributed by atoms with E-state index >= 15 is 0 Å². The Kier molecular flexibility index (Phi) is 4.15. The quantitative estimate of drug-likeness (QED) is 0.792. The lowest BCUT2D eigenvalue weighted by atomic mass is 10.1. The van der Waals surface area contributed by atoms with Crippen LogP contribution in [-0.2, 0) is 0 Å². The number of carbonyl (C=O) groups is 1. The Balaban J connectivity index is 2.23. The molecule has 2 unspecified atom stereocenters. The average Bonchev–Trinajstić information content (AvgIpc) is 2.32. The van der Waals surface area contributed by atoms with Crippen LogP contribution in [0.5, 0.6) is 0 Å². The Morgan fingerprint density at radius 1 is 1.41 bits per heavy atom. The summed E-state index contributed by atoms with van der Waals surface area (Å²) in [5.74, 6) is 1.17. The van der Waals surface area contributed by atoms with Gasteiger partial charge in [-0.25, -0.2) is 0 Å². The second kappa shape index (κ2) is 5.44. The third kappa shape index (κ3) is 2.68. The van der Waals surface area contributed by atoms with Crippen LogP contribution in [0.3, 0.4) is 0 Å². The second-order valence-electron chi connectivity index (χ2n) is 4.29. The number of thioether (sulfide) groups is 1. The molecule has 1 aromatic rings. The summed E-state index contributed by atoms with van der Waals surface area (Å²) in [6.45, 7) is 5.16. The fraction of sp³-hybridized carbons (Fsp3) is 0.462. The zero-order valence-corrected chi connectivity index (χ0v) is 12.4. The molecule has 1 aromatic carbocycles. The van der Waals surface area contributed by atoms with E-state index in [-0.39, 0.29) is 5.91 Å². The molecular formula is C13H16BrNOS. The van der Waals surface area contributed by atoms with Crippen molar-refractivity contribution < 1.29 is 4.79 Å². The summed E-state index contributed by atoms with van der Waals surface area (Å²) in [7, 11) is 0. The van der Waals surface area contributed by atoms with Crippen molar-refractivity contribution >= 4 is 33.6 Å². The first kappa shape index (κ1) is 13.0. The average molecular weight is 314 g/mol. The van der Waals surface area contributed by atoms with Crippen LogP contribution >= 0.6 is 27.7 Å². The molecule has 2 nitrogen and oxygen atoms in total. The van der Waals surface area contributed by atoms with E-state index in [0.29, 0.717) is 11.3 Å². The molecule has 0 aliphatic carbocycles. The SMILES string of the molecule is CC1SCCN(C(=O)c2ccccc2Br)C1C. The summed E-state index contributed by atoms with van der Waals surface area (Å²) in [5, 5.41) is 0.509. The molecule has 2 rings (SSSR count). The van der Waals surface area contributed by atoms with E-state index in [2.05, 4.69) is 29.8 Å². The van der Waals surface area contributed by atoms with Crippen LogP contribution in [0.15, 0.2) is 28.7 Å². The fourth-order valence-corrected chi connectivity index (χ4v) is 3.56. The Labute approximate surface area is 115 Å². The first-order chi connectivity index (χ1) is 8.11. The van der Waals surface area contributed by atoms with Gasteiger partial charge in [0.15, 0.2) is 0 Å². The highest BCUT2D eigenvalue weighted by Gasteiger charge is 2.29. The molecule has 4 heteroatoms. The van der Waals surface area contributed by atoms with Crippen molar-refractivity contribution in [2.45, 2.75) is 25.1 Å². The van der Waals surface area contributed by atoms with Crippen molar-refractivity contribution in [1.29, 1.82) is 0 Å². The molecule has 0 radical (unpaired) electrons. The predicted octanol–water partition coefficient (Wildman–Crippen LogP) is 3.42. The number of hydrogen-bond donors (Lipinski definition) is 0. The van der Waals surface area contributed by atoms with E-state index in [0.717, 1.165) is 22.3 Å². The molecule has 0 saturated carbocycles. The van der Waals surface area contributed by atoms with Crippen molar-refractivity contribution in [1.82, 2.24) is 4.90 Å². The minimum absolute atomic E-state index is 0.136. The van der Waals surface area contributed by atoms with Gasteiger partial charge in [0.05, 0.1) is 5.56 Å². The van der Waals surface area contributed by atoms with Gasteiger partial charge in [-0.15, -0.1) is 0 Å². The first-order valence-corrected chi connectivity index (χ1v) is 7.62. The minimum Gasteiger partial charge on any atom is -0.334 e. The lowest BCUT2D eigenvalue weighted by Crippen LogP contribution is -2.48. The fourth-order valence-electron chi connectivity index (χ4n) is 2.01. The third-order valence-corrected chi connectivity index (χ3v) is 5.28. The first-order valence-electron chi connectivity index (χ1n) is 5.78. The van der Waals surface area contributed by atoms with Crippen molar-refractivity contribution in [3.63, 3.8) is 0 Å². The lowest BCUT2D eigenvalue weighted by molar-refractivity contribution is 0.0697. The molecule has 0 spiro atoms. The van der Waals surface area contributed by atoms with Crippen LogP contribution < -0.4 is 0 Å². The van der Waals surface area contributed by atoms with Gasteiger partial charge < -0.3 is 4.90 Å². The van der Waals surface area contributed by atoms with E-state index in [4.69, 9.17) is 0 Å². The molecule has 0 N–H and O–H groups in total.